The zero-order chi connectivity index (χ0) is 18.7. The third-order valence-corrected chi connectivity index (χ3v) is 5.12. The van der Waals surface area contributed by atoms with E-state index < -0.39 is 23.3 Å². The lowest BCUT2D eigenvalue weighted by molar-refractivity contribution is -0.171. The molecule has 5 heteroatoms. The van der Waals surface area contributed by atoms with Gasteiger partial charge in [0, 0.05) is 5.92 Å². The summed E-state index contributed by atoms with van der Waals surface area (Å²) >= 11 is 0. The number of methoxy groups -OCH3 is 2. The average molecular weight is 349 g/mol. The second-order valence-corrected chi connectivity index (χ2v) is 6.32. The van der Waals surface area contributed by atoms with E-state index in [1.54, 1.807) is 24.3 Å². The molecule has 26 heavy (non-hydrogen) atoms. The van der Waals surface area contributed by atoms with Crippen molar-refractivity contribution in [3.8, 4) is 6.07 Å². The normalized spacial score (nSPS) is 17.5. The Labute approximate surface area is 152 Å². The van der Waals surface area contributed by atoms with E-state index in [0.717, 1.165) is 16.7 Å². The summed E-state index contributed by atoms with van der Waals surface area (Å²) in [4.78, 5) is 25.7. The molecule has 5 nitrogen and oxygen atoms in total. The molecule has 0 bridgehead atoms. The molecule has 0 fully saturated rings. The second kappa shape index (κ2) is 7.01. The Kier molecular flexibility index (Phi) is 4.77. The van der Waals surface area contributed by atoms with E-state index in [0.29, 0.717) is 18.4 Å². The SMILES string of the molecule is COC(=O)C1(C(=O)OC)CCc2ccccc2C1c1ccc(C#N)cc1. The molecule has 0 saturated heterocycles. The second-order valence-electron chi connectivity index (χ2n) is 6.32. The molecular formula is C21H19NO4. The molecule has 0 saturated carbocycles. The van der Waals surface area contributed by atoms with E-state index in [9.17, 15) is 9.59 Å². The average Bonchev–Trinajstić information content (AvgIpc) is 2.71. The number of nitrogens with zero attached hydrogens (tertiary/aromatic N) is 1. The Balaban J connectivity index is 2.27. The standard InChI is InChI=1S/C21H19NO4/c1-25-19(23)21(20(24)26-2)12-11-15-5-3-4-6-17(15)18(21)16-9-7-14(13-22)8-10-16/h3-10,18H,11-12H2,1-2H3. The van der Waals surface area contributed by atoms with Crippen molar-refractivity contribution >= 4 is 11.9 Å². The maximum atomic E-state index is 12.8. The highest BCUT2D eigenvalue weighted by atomic mass is 16.5. The van der Waals surface area contributed by atoms with E-state index in [1.807, 2.05) is 24.3 Å². The lowest BCUT2D eigenvalue weighted by Gasteiger charge is -2.40. The molecule has 132 valence electrons. The van der Waals surface area contributed by atoms with Crippen LogP contribution in [0.4, 0.5) is 0 Å². The lowest BCUT2D eigenvalue weighted by Crippen LogP contribution is -2.49. The Morgan fingerprint density at radius 2 is 1.65 bits per heavy atom. The first-order chi connectivity index (χ1) is 12.6. The molecule has 0 N–H and O–H groups in total. The zero-order valence-electron chi connectivity index (χ0n) is 14.7. The predicted molar refractivity (Wildman–Crippen MR) is 94.2 cm³/mol. The molecule has 1 unspecified atom stereocenters. The number of rotatable bonds is 3. The molecule has 2 aromatic rings. The zero-order valence-corrected chi connectivity index (χ0v) is 14.7. The number of aryl methyl sites for hydroxylation is 1. The summed E-state index contributed by atoms with van der Waals surface area (Å²) in [7, 11) is 2.56. The molecule has 1 atom stereocenters. The quantitative estimate of drug-likeness (QED) is 0.629. The summed E-state index contributed by atoms with van der Waals surface area (Å²) in [5.41, 5.74) is 1.82. The molecule has 0 spiro atoms. The number of ether oxygens (including phenoxy) is 2. The third kappa shape index (κ3) is 2.64. The van der Waals surface area contributed by atoms with Crippen molar-refractivity contribution in [2.45, 2.75) is 18.8 Å². The number of carbonyl (C=O) groups excluding carboxylic acids is 2. The fourth-order valence-electron chi connectivity index (χ4n) is 3.89. The summed E-state index contributed by atoms with van der Waals surface area (Å²) in [6, 6.07) is 16.8. The summed E-state index contributed by atoms with van der Waals surface area (Å²) in [5.74, 6) is -1.75. The van der Waals surface area contributed by atoms with Gasteiger partial charge >= 0.3 is 11.9 Å². The van der Waals surface area contributed by atoms with Gasteiger partial charge in [-0.25, -0.2) is 0 Å². The fourth-order valence-corrected chi connectivity index (χ4v) is 3.89. The number of benzene rings is 2. The highest BCUT2D eigenvalue weighted by Gasteiger charge is 2.57. The van der Waals surface area contributed by atoms with Crippen molar-refractivity contribution < 1.29 is 19.1 Å². The topological polar surface area (TPSA) is 76.4 Å². The fraction of sp³-hybridized carbons (Fsp3) is 0.286. The molecular weight excluding hydrogens is 330 g/mol. The number of carbonyl (C=O) groups is 2. The molecule has 0 aliphatic heterocycles. The summed E-state index contributed by atoms with van der Waals surface area (Å²) in [6.45, 7) is 0. The minimum Gasteiger partial charge on any atom is -0.468 e. The van der Waals surface area contributed by atoms with Crippen LogP contribution < -0.4 is 0 Å². The van der Waals surface area contributed by atoms with Gasteiger partial charge in [-0.15, -0.1) is 0 Å². The smallest absolute Gasteiger partial charge is 0.324 e. The molecule has 3 rings (SSSR count). The van der Waals surface area contributed by atoms with Gasteiger partial charge in [-0.3, -0.25) is 9.59 Å². The van der Waals surface area contributed by atoms with Gasteiger partial charge < -0.3 is 9.47 Å². The van der Waals surface area contributed by atoms with E-state index in [-0.39, 0.29) is 0 Å². The first-order valence-electron chi connectivity index (χ1n) is 8.33. The van der Waals surface area contributed by atoms with E-state index in [2.05, 4.69) is 6.07 Å². The Hall–Kier alpha value is -3.13. The molecule has 0 radical (unpaired) electrons. The van der Waals surface area contributed by atoms with Crippen LogP contribution in [0.3, 0.4) is 0 Å². The lowest BCUT2D eigenvalue weighted by atomic mass is 9.61. The largest absolute Gasteiger partial charge is 0.468 e. The Morgan fingerprint density at radius 3 is 2.23 bits per heavy atom. The molecule has 0 aromatic heterocycles. The molecule has 0 amide bonds. The third-order valence-electron chi connectivity index (χ3n) is 5.12. The number of hydrogen-bond acceptors (Lipinski definition) is 5. The van der Waals surface area contributed by atoms with Crippen molar-refractivity contribution in [2.75, 3.05) is 14.2 Å². The van der Waals surface area contributed by atoms with Gasteiger partial charge in [0.15, 0.2) is 5.41 Å². The first-order valence-corrected chi connectivity index (χ1v) is 8.33. The highest BCUT2D eigenvalue weighted by molar-refractivity contribution is 6.02. The molecule has 0 heterocycles. The number of fused-ring (bicyclic) bond motifs is 1. The van der Waals surface area contributed by atoms with Crippen LogP contribution in [0.25, 0.3) is 0 Å². The molecule has 1 aliphatic rings. The van der Waals surface area contributed by atoms with E-state index >= 15 is 0 Å². The van der Waals surface area contributed by atoms with Crippen molar-refractivity contribution in [2.24, 2.45) is 5.41 Å². The summed E-state index contributed by atoms with van der Waals surface area (Å²) < 4.78 is 10.1. The predicted octanol–water partition coefficient (Wildman–Crippen LogP) is 2.97. The number of nitriles is 1. The minimum atomic E-state index is -1.45. The van der Waals surface area contributed by atoms with Gasteiger partial charge in [0.2, 0.25) is 0 Å². The Bertz CT molecular complexity index is 864. The van der Waals surface area contributed by atoms with Crippen LogP contribution in [0.15, 0.2) is 48.5 Å². The number of hydrogen-bond donors (Lipinski definition) is 0. The van der Waals surface area contributed by atoms with Crippen LogP contribution >= 0.6 is 0 Å². The highest BCUT2D eigenvalue weighted by Crippen LogP contribution is 2.50. The summed E-state index contributed by atoms with van der Waals surface area (Å²) in [6.07, 6.45) is 0.876. The van der Waals surface area contributed by atoms with Crippen LogP contribution in [0, 0.1) is 16.7 Å². The first kappa shape index (κ1) is 17.7. The molecule has 1 aliphatic carbocycles. The summed E-state index contributed by atoms with van der Waals surface area (Å²) in [5, 5.41) is 9.05. The van der Waals surface area contributed by atoms with Crippen LogP contribution in [-0.4, -0.2) is 26.2 Å². The number of esters is 2. The monoisotopic (exact) mass is 349 g/mol. The maximum Gasteiger partial charge on any atom is 0.324 e. The Morgan fingerprint density at radius 1 is 1.04 bits per heavy atom. The van der Waals surface area contributed by atoms with E-state index in [4.69, 9.17) is 14.7 Å². The minimum absolute atomic E-state index is 0.300. The van der Waals surface area contributed by atoms with Crippen LogP contribution in [-0.2, 0) is 25.5 Å². The van der Waals surface area contributed by atoms with Gasteiger partial charge in [0.25, 0.3) is 0 Å². The van der Waals surface area contributed by atoms with Gasteiger partial charge in [0.05, 0.1) is 25.9 Å². The molecule has 2 aromatic carbocycles. The maximum absolute atomic E-state index is 12.8. The van der Waals surface area contributed by atoms with Crippen LogP contribution in [0.5, 0.6) is 0 Å². The van der Waals surface area contributed by atoms with Crippen molar-refractivity contribution in [3.63, 3.8) is 0 Å². The van der Waals surface area contributed by atoms with Gasteiger partial charge in [-0.05, 0) is 41.7 Å². The van der Waals surface area contributed by atoms with Crippen LogP contribution in [0.1, 0.15) is 34.6 Å². The van der Waals surface area contributed by atoms with Crippen molar-refractivity contribution in [3.05, 3.63) is 70.8 Å². The van der Waals surface area contributed by atoms with Gasteiger partial charge in [-0.1, -0.05) is 36.4 Å². The van der Waals surface area contributed by atoms with Gasteiger partial charge in [-0.2, -0.15) is 5.26 Å². The van der Waals surface area contributed by atoms with Gasteiger partial charge in [0.1, 0.15) is 0 Å². The van der Waals surface area contributed by atoms with Crippen LogP contribution in [0.2, 0.25) is 0 Å². The van der Waals surface area contributed by atoms with E-state index in [1.165, 1.54) is 14.2 Å². The van der Waals surface area contributed by atoms with Crippen molar-refractivity contribution in [1.82, 2.24) is 0 Å². The van der Waals surface area contributed by atoms with Crippen molar-refractivity contribution in [1.29, 1.82) is 5.26 Å².